The standard InChI is InChI=1S/C19H14F6N2/c1-27(2)12-8-6-11(7-9-12)14-10-16(19(23,24)25)26-17-13(14)4-3-5-15(17)18(20,21)22/h3-10H,1-2H3. The summed E-state index contributed by atoms with van der Waals surface area (Å²) in [4.78, 5) is 5.09. The molecule has 0 N–H and O–H groups in total. The molecule has 142 valence electrons. The summed E-state index contributed by atoms with van der Waals surface area (Å²) in [5, 5.41) is 0.00966. The van der Waals surface area contributed by atoms with Crippen LogP contribution in [0.15, 0.2) is 48.5 Å². The van der Waals surface area contributed by atoms with Crippen molar-refractivity contribution < 1.29 is 26.3 Å². The molecule has 0 radical (unpaired) electrons. The van der Waals surface area contributed by atoms with Gasteiger partial charge in [0.05, 0.1) is 11.1 Å². The number of rotatable bonds is 2. The second kappa shape index (κ2) is 6.44. The minimum atomic E-state index is -4.87. The first-order valence-corrected chi connectivity index (χ1v) is 7.84. The Bertz CT molecular complexity index is 972. The SMILES string of the molecule is CN(C)c1ccc(-c2cc(C(F)(F)F)nc3c(C(F)(F)F)cccc23)cc1. The molecule has 8 heteroatoms. The molecule has 2 nitrogen and oxygen atoms in total. The molecule has 3 rings (SSSR count). The fourth-order valence-electron chi connectivity index (χ4n) is 2.80. The molecule has 27 heavy (non-hydrogen) atoms. The maximum absolute atomic E-state index is 13.3. The minimum Gasteiger partial charge on any atom is -0.378 e. The summed E-state index contributed by atoms with van der Waals surface area (Å²) in [6.07, 6.45) is -9.69. The van der Waals surface area contributed by atoms with Gasteiger partial charge in [-0.3, -0.25) is 0 Å². The maximum atomic E-state index is 13.3. The number of para-hydroxylation sites is 1. The highest BCUT2D eigenvalue weighted by atomic mass is 19.4. The minimum absolute atomic E-state index is 0.00966. The number of anilines is 1. The van der Waals surface area contributed by atoms with Crippen LogP contribution in [0.4, 0.5) is 32.0 Å². The fourth-order valence-corrected chi connectivity index (χ4v) is 2.80. The molecule has 0 saturated heterocycles. The number of benzene rings is 2. The van der Waals surface area contributed by atoms with Gasteiger partial charge < -0.3 is 4.90 Å². The predicted molar refractivity (Wildman–Crippen MR) is 91.5 cm³/mol. The Balaban J connectivity index is 2.34. The zero-order chi connectivity index (χ0) is 20.0. The highest BCUT2D eigenvalue weighted by molar-refractivity contribution is 5.96. The second-order valence-corrected chi connectivity index (χ2v) is 6.19. The third-order valence-corrected chi connectivity index (χ3v) is 4.13. The highest BCUT2D eigenvalue weighted by Gasteiger charge is 2.37. The van der Waals surface area contributed by atoms with Gasteiger partial charge in [0.25, 0.3) is 0 Å². The lowest BCUT2D eigenvalue weighted by molar-refractivity contribution is -0.142. The van der Waals surface area contributed by atoms with Crippen molar-refractivity contribution in [2.24, 2.45) is 0 Å². The summed E-state index contributed by atoms with van der Waals surface area (Å²) in [6, 6.07) is 10.5. The molecular weight excluding hydrogens is 370 g/mol. The normalized spacial score (nSPS) is 12.4. The van der Waals surface area contributed by atoms with E-state index in [0.29, 0.717) is 5.56 Å². The van der Waals surface area contributed by atoms with Crippen molar-refractivity contribution in [3.8, 4) is 11.1 Å². The van der Waals surface area contributed by atoms with E-state index in [1.165, 1.54) is 6.07 Å². The summed E-state index contributed by atoms with van der Waals surface area (Å²) in [7, 11) is 3.60. The number of hydrogen-bond acceptors (Lipinski definition) is 2. The summed E-state index contributed by atoms with van der Waals surface area (Å²) < 4.78 is 79.7. The van der Waals surface area contributed by atoms with E-state index in [1.807, 2.05) is 0 Å². The van der Waals surface area contributed by atoms with Crippen LogP contribution in [0, 0.1) is 0 Å². The van der Waals surface area contributed by atoms with Crippen LogP contribution in [-0.2, 0) is 12.4 Å². The van der Waals surface area contributed by atoms with Gasteiger partial charge in [-0.15, -0.1) is 0 Å². The quantitative estimate of drug-likeness (QED) is 0.504. The maximum Gasteiger partial charge on any atom is 0.433 e. The molecule has 0 aliphatic rings. The van der Waals surface area contributed by atoms with Crippen LogP contribution in [0.1, 0.15) is 11.3 Å². The van der Waals surface area contributed by atoms with Crippen LogP contribution < -0.4 is 4.90 Å². The van der Waals surface area contributed by atoms with E-state index in [4.69, 9.17) is 0 Å². The summed E-state index contributed by atoms with van der Waals surface area (Å²) in [6.45, 7) is 0. The number of nitrogens with zero attached hydrogens (tertiary/aromatic N) is 2. The topological polar surface area (TPSA) is 16.1 Å². The molecule has 0 unspecified atom stereocenters. The zero-order valence-electron chi connectivity index (χ0n) is 14.3. The highest BCUT2D eigenvalue weighted by Crippen LogP contribution is 2.40. The molecule has 0 spiro atoms. The van der Waals surface area contributed by atoms with Gasteiger partial charge in [0.2, 0.25) is 0 Å². The Labute approximate surface area is 151 Å². The molecule has 0 fully saturated rings. The Kier molecular flexibility index (Phi) is 4.53. The predicted octanol–water partition coefficient (Wildman–Crippen LogP) is 6.01. The lowest BCUT2D eigenvalue weighted by atomic mass is 9.97. The first-order valence-electron chi connectivity index (χ1n) is 7.84. The number of pyridine rings is 1. The van der Waals surface area contributed by atoms with Crippen LogP contribution >= 0.6 is 0 Å². The zero-order valence-corrected chi connectivity index (χ0v) is 14.3. The Morgan fingerprint density at radius 1 is 0.815 bits per heavy atom. The Morgan fingerprint density at radius 3 is 1.96 bits per heavy atom. The van der Waals surface area contributed by atoms with Gasteiger partial charge in [-0.05, 0) is 35.4 Å². The lowest BCUT2D eigenvalue weighted by Gasteiger charge is -2.17. The van der Waals surface area contributed by atoms with Crippen molar-refractivity contribution in [1.29, 1.82) is 0 Å². The fraction of sp³-hybridized carbons (Fsp3) is 0.211. The number of halogens is 6. The Morgan fingerprint density at radius 2 is 1.44 bits per heavy atom. The molecule has 0 saturated carbocycles. The van der Waals surface area contributed by atoms with E-state index in [0.717, 1.165) is 23.9 Å². The van der Waals surface area contributed by atoms with E-state index >= 15 is 0 Å². The van der Waals surface area contributed by atoms with Gasteiger partial charge in [-0.25, -0.2) is 4.98 Å². The number of aromatic nitrogens is 1. The monoisotopic (exact) mass is 384 g/mol. The molecule has 0 atom stereocenters. The van der Waals surface area contributed by atoms with Crippen LogP contribution in [0.2, 0.25) is 0 Å². The molecule has 0 bridgehead atoms. The molecular formula is C19H14F6N2. The largest absolute Gasteiger partial charge is 0.433 e. The van der Waals surface area contributed by atoms with Crippen LogP contribution in [0.3, 0.4) is 0 Å². The van der Waals surface area contributed by atoms with Gasteiger partial charge in [0.1, 0.15) is 5.69 Å². The summed E-state index contributed by atoms with van der Waals surface area (Å²) in [5.41, 5.74) is -2.05. The smallest absolute Gasteiger partial charge is 0.378 e. The Hall–Kier alpha value is -2.77. The summed E-state index contributed by atoms with van der Waals surface area (Å²) >= 11 is 0. The van der Waals surface area contributed by atoms with Gasteiger partial charge in [0, 0.05) is 25.2 Å². The van der Waals surface area contributed by atoms with Crippen molar-refractivity contribution in [2.45, 2.75) is 12.4 Å². The molecule has 0 amide bonds. The van der Waals surface area contributed by atoms with E-state index in [2.05, 4.69) is 4.98 Å². The molecule has 1 aromatic heterocycles. The number of hydrogen-bond donors (Lipinski definition) is 0. The summed E-state index contributed by atoms with van der Waals surface area (Å²) in [5.74, 6) is 0. The number of fused-ring (bicyclic) bond motifs is 1. The van der Waals surface area contributed by atoms with Crippen molar-refractivity contribution in [3.05, 3.63) is 59.8 Å². The van der Waals surface area contributed by atoms with E-state index < -0.39 is 29.1 Å². The van der Waals surface area contributed by atoms with Crippen molar-refractivity contribution in [1.82, 2.24) is 4.98 Å². The second-order valence-electron chi connectivity index (χ2n) is 6.19. The third kappa shape index (κ3) is 3.70. The van der Waals surface area contributed by atoms with Crippen LogP contribution in [-0.4, -0.2) is 19.1 Å². The molecule has 2 aromatic carbocycles. The van der Waals surface area contributed by atoms with E-state index in [9.17, 15) is 26.3 Å². The molecule has 0 aliphatic heterocycles. The first kappa shape index (κ1) is 19.0. The van der Waals surface area contributed by atoms with Gasteiger partial charge in [-0.2, -0.15) is 26.3 Å². The average Bonchev–Trinajstić information content (AvgIpc) is 2.58. The van der Waals surface area contributed by atoms with E-state index in [-0.39, 0.29) is 10.9 Å². The third-order valence-electron chi connectivity index (χ3n) is 4.13. The first-order chi connectivity index (χ1) is 12.5. The van der Waals surface area contributed by atoms with Gasteiger partial charge in [0.15, 0.2) is 0 Å². The van der Waals surface area contributed by atoms with Gasteiger partial charge >= 0.3 is 12.4 Å². The van der Waals surface area contributed by atoms with Crippen LogP contribution in [0.25, 0.3) is 22.0 Å². The van der Waals surface area contributed by atoms with Crippen molar-refractivity contribution >= 4 is 16.6 Å². The molecule has 3 aromatic rings. The molecule has 1 heterocycles. The van der Waals surface area contributed by atoms with Crippen molar-refractivity contribution in [3.63, 3.8) is 0 Å². The van der Waals surface area contributed by atoms with E-state index in [1.54, 1.807) is 43.3 Å². The average molecular weight is 384 g/mol. The van der Waals surface area contributed by atoms with Crippen molar-refractivity contribution in [2.75, 3.05) is 19.0 Å². The number of alkyl halides is 6. The van der Waals surface area contributed by atoms with Crippen LogP contribution in [0.5, 0.6) is 0 Å². The lowest BCUT2D eigenvalue weighted by Crippen LogP contribution is -2.12. The molecule has 0 aliphatic carbocycles. The van der Waals surface area contributed by atoms with Gasteiger partial charge in [-0.1, -0.05) is 24.3 Å².